The zero-order chi connectivity index (χ0) is 15.8. The molecule has 0 aliphatic rings. The SMILES string of the molecule is Cc1c(C)c(C)[c-](C)c1C.Cc1c(C)c(C)[c-](C)c1C.[Cr].[Cr]. The molecule has 2 heteroatoms. The minimum absolute atomic E-state index is 0. The van der Waals surface area contributed by atoms with E-state index in [1.807, 2.05) is 0 Å². The molecule has 0 N–H and O–H groups in total. The molecule has 0 atom stereocenters. The van der Waals surface area contributed by atoms with Gasteiger partial charge in [-0.05, 0) is 0 Å². The molecule has 0 unspecified atom stereocenters. The van der Waals surface area contributed by atoms with Crippen LogP contribution in [0.1, 0.15) is 55.6 Å². The first-order valence-corrected chi connectivity index (χ1v) is 7.50. The van der Waals surface area contributed by atoms with Crippen LogP contribution in [0.5, 0.6) is 0 Å². The van der Waals surface area contributed by atoms with Crippen molar-refractivity contribution < 1.29 is 34.7 Å². The molecule has 2 rings (SSSR count). The number of rotatable bonds is 0. The van der Waals surface area contributed by atoms with Crippen LogP contribution in [-0.2, 0) is 34.7 Å². The fourth-order valence-corrected chi connectivity index (χ4v) is 2.81. The van der Waals surface area contributed by atoms with Crippen molar-refractivity contribution in [2.45, 2.75) is 69.2 Å². The Balaban J connectivity index is 0. The topological polar surface area (TPSA) is 0 Å². The van der Waals surface area contributed by atoms with Crippen LogP contribution in [0, 0.1) is 69.2 Å². The summed E-state index contributed by atoms with van der Waals surface area (Å²) in [4.78, 5) is 0. The Hall–Kier alpha value is -0.235. The van der Waals surface area contributed by atoms with Gasteiger partial charge in [0.1, 0.15) is 0 Å². The van der Waals surface area contributed by atoms with Crippen molar-refractivity contribution in [2.75, 3.05) is 0 Å². The van der Waals surface area contributed by atoms with Gasteiger partial charge >= 0.3 is 0 Å². The fraction of sp³-hybridized carbons (Fsp3) is 0.500. The summed E-state index contributed by atoms with van der Waals surface area (Å²) in [6.45, 7) is 22.0. The van der Waals surface area contributed by atoms with Crippen molar-refractivity contribution in [1.82, 2.24) is 0 Å². The maximum atomic E-state index is 2.20. The van der Waals surface area contributed by atoms with Gasteiger partial charge in [0.15, 0.2) is 0 Å². The van der Waals surface area contributed by atoms with Crippen LogP contribution in [0.3, 0.4) is 0 Å². The van der Waals surface area contributed by atoms with Crippen LogP contribution >= 0.6 is 0 Å². The second kappa shape index (κ2) is 9.16. The van der Waals surface area contributed by atoms with Gasteiger partial charge in [0.05, 0.1) is 0 Å². The van der Waals surface area contributed by atoms with Crippen LogP contribution in [0.4, 0.5) is 0 Å². The molecular formula is C20H30Cr2-2. The van der Waals surface area contributed by atoms with Gasteiger partial charge in [-0.2, -0.15) is 55.6 Å². The molecule has 0 bridgehead atoms. The van der Waals surface area contributed by atoms with Crippen LogP contribution in [-0.4, -0.2) is 0 Å². The Bertz CT molecular complexity index is 408. The third kappa shape index (κ3) is 4.40. The molecule has 0 radical (unpaired) electrons. The van der Waals surface area contributed by atoms with E-state index in [1.54, 1.807) is 0 Å². The summed E-state index contributed by atoms with van der Waals surface area (Å²) in [6, 6.07) is 0. The van der Waals surface area contributed by atoms with Crippen LogP contribution < -0.4 is 0 Å². The summed E-state index contributed by atoms with van der Waals surface area (Å²) in [7, 11) is 0. The molecule has 0 aliphatic heterocycles. The summed E-state index contributed by atoms with van der Waals surface area (Å²) in [5.41, 5.74) is 14.7. The average Bonchev–Trinajstić information content (AvgIpc) is 2.71. The van der Waals surface area contributed by atoms with Gasteiger partial charge < -0.3 is 0 Å². The van der Waals surface area contributed by atoms with Gasteiger partial charge in [-0.15, -0.1) is 0 Å². The van der Waals surface area contributed by atoms with E-state index in [2.05, 4.69) is 69.2 Å². The van der Waals surface area contributed by atoms with Gasteiger partial charge in [0.2, 0.25) is 0 Å². The first kappa shape index (κ1) is 24.0. The maximum absolute atomic E-state index is 2.20. The largest absolute Gasteiger partial charge is 0.196 e. The molecular weight excluding hydrogens is 344 g/mol. The quantitative estimate of drug-likeness (QED) is 0.504. The van der Waals surface area contributed by atoms with E-state index in [1.165, 1.54) is 55.6 Å². The van der Waals surface area contributed by atoms with Crippen molar-refractivity contribution in [3.05, 3.63) is 55.6 Å². The maximum Gasteiger partial charge on any atom is 0 e. The van der Waals surface area contributed by atoms with Gasteiger partial charge in [-0.3, -0.25) is 0 Å². The standard InChI is InChI=1S/2C10H15.2Cr/c2*1-6-7(2)9(4)10(5)8(6)3;;/h2*1-5H3;;/q2*-1;;. The summed E-state index contributed by atoms with van der Waals surface area (Å²) in [5, 5.41) is 0. The normalized spacial score (nSPS) is 9.55. The van der Waals surface area contributed by atoms with Crippen LogP contribution in [0.15, 0.2) is 0 Å². The molecule has 0 saturated carbocycles. The van der Waals surface area contributed by atoms with Crippen molar-refractivity contribution in [3.8, 4) is 0 Å². The van der Waals surface area contributed by atoms with E-state index in [9.17, 15) is 0 Å². The van der Waals surface area contributed by atoms with Crippen LogP contribution in [0.2, 0.25) is 0 Å². The summed E-state index contributed by atoms with van der Waals surface area (Å²) in [6.07, 6.45) is 0. The van der Waals surface area contributed by atoms with Crippen molar-refractivity contribution >= 4 is 0 Å². The Morgan fingerprint density at radius 3 is 0.591 bits per heavy atom. The molecule has 0 saturated heterocycles. The second-order valence-electron chi connectivity index (χ2n) is 6.25. The smallest absolute Gasteiger partial charge is 0 e. The molecule has 2 aromatic rings. The monoisotopic (exact) mass is 374 g/mol. The third-order valence-electron chi connectivity index (χ3n) is 5.62. The predicted octanol–water partition coefficient (Wildman–Crippen LogP) is 5.89. The number of hydrogen-bond donors (Lipinski definition) is 0. The molecule has 0 nitrogen and oxygen atoms in total. The van der Waals surface area contributed by atoms with E-state index < -0.39 is 0 Å². The Morgan fingerprint density at radius 2 is 0.545 bits per heavy atom. The fourth-order valence-electron chi connectivity index (χ4n) is 2.81. The molecule has 0 fully saturated rings. The molecule has 0 aliphatic carbocycles. The molecule has 0 heterocycles. The van der Waals surface area contributed by atoms with Gasteiger partial charge in [-0.1, -0.05) is 69.2 Å². The van der Waals surface area contributed by atoms with Crippen molar-refractivity contribution in [2.24, 2.45) is 0 Å². The van der Waals surface area contributed by atoms with E-state index in [4.69, 9.17) is 0 Å². The van der Waals surface area contributed by atoms with Crippen molar-refractivity contribution in [3.63, 3.8) is 0 Å². The van der Waals surface area contributed by atoms with E-state index in [0.717, 1.165) is 0 Å². The zero-order valence-corrected chi connectivity index (χ0v) is 18.4. The van der Waals surface area contributed by atoms with Gasteiger partial charge in [0, 0.05) is 34.7 Å². The summed E-state index contributed by atoms with van der Waals surface area (Å²) < 4.78 is 0. The van der Waals surface area contributed by atoms with Crippen molar-refractivity contribution in [1.29, 1.82) is 0 Å². The zero-order valence-electron chi connectivity index (χ0n) is 15.8. The second-order valence-corrected chi connectivity index (χ2v) is 6.25. The first-order chi connectivity index (χ1) is 9.11. The van der Waals surface area contributed by atoms with E-state index >= 15 is 0 Å². The van der Waals surface area contributed by atoms with E-state index in [-0.39, 0.29) is 34.7 Å². The predicted molar refractivity (Wildman–Crippen MR) is 91.4 cm³/mol. The molecule has 0 amide bonds. The number of hydrogen-bond acceptors (Lipinski definition) is 0. The molecule has 0 aromatic heterocycles. The third-order valence-corrected chi connectivity index (χ3v) is 5.62. The first-order valence-electron chi connectivity index (χ1n) is 7.50. The Kier molecular flexibility index (Phi) is 10.00. The Labute approximate surface area is 159 Å². The molecule has 22 heavy (non-hydrogen) atoms. The summed E-state index contributed by atoms with van der Waals surface area (Å²) >= 11 is 0. The average molecular weight is 374 g/mol. The molecule has 2 aromatic carbocycles. The van der Waals surface area contributed by atoms with E-state index in [0.29, 0.717) is 0 Å². The van der Waals surface area contributed by atoms with Gasteiger partial charge in [0.25, 0.3) is 0 Å². The molecule has 124 valence electrons. The molecule has 0 spiro atoms. The summed E-state index contributed by atoms with van der Waals surface area (Å²) in [5.74, 6) is 0. The van der Waals surface area contributed by atoms with Gasteiger partial charge in [-0.25, -0.2) is 0 Å². The minimum atomic E-state index is 0. The van der Waals surface area contributed by atoms with Crippen LogP contribution in [0.25, 0.3) is 0 Å². The minimum Gasteiger partial charge on any atom is -0.196 e. The Morgan fingerprint density at radius 1 is 0.409 bits per heavy atom.